The maximum Gasteiger partial charge on any atom is 0.304 e. The lowest BCUT2D eigenvalue weighted by Crippen LogP contribution is -2.42. The molecule has 7 nitrogen and oxygen atoms in total. The van der Waals surface area contributed by atoms with E-state index < -0.39 is 16.2 Å². The maximum atomic E-state index is 11.5. The van der Waals surface area contributed by atoms with Crippen LogP contribution in [-0.4, -0.2) is 57.1 Å². The molecule has 0 aromatic heterocycles. The Hall–Kier alpha value is -0.700. The van der Waals surface area contributed by atoms with Gasteiger partial charge in [-0.3, -0.25) is 4.79 Å². The van der Waals surface area contributed by atoms with Gasteiger partial charge in [0.25, 0.3) is 10.2 Å². The van der Waals surface area contributed by atoms with E-state index >= 15 is 0 Å². The third kappa shape index (κ3) is 6.01. The van der Waals surface area contributed by atoms with Crippen molar-refractivity contribution in [2.45, 2.75) is 19.4 Å². The van der Waals surface area contributed by atoms with Crippen molar-refractivity contribution >= 4 is 16.2 Å². The van der Waals surface area contributed by atoms with Crippen molar-refractivity contribution in [3.8, 4) is 0 Å². The molecular formula is C8H18N2O5S. The molecule has 0 saturated carbocycles. The second-order valence-corrected chi connectivity index (χ2v) is 5.23. The molecule has 0 bridgehead atoms. The molecule has 8 heteroatoms. The molecule has 0 saturated heterocycles. The molecule has 0 aliphatic heterocycles. The average molecular weight is 254 g/mol. The number of carboxylic acids is 1. The maximum absolute atomic E-state index is 11.5. The van der Waals surface area contributed by atoms with Gasteiger partial charge in [0.1, 0.15) is 0 Å². The second-order valence-electron chi connectivity index (χ2n) is 3.37. The van der Waals surface area contributed by atoms with Gasteiger partial charge in [0.05, 0.1) is 12.5 Å². The average Bonchev–Trinajstić information content (AvgIpc) is 2.22. The van der Waals surface area contributed by atoms with Crippen molar-refractivity contribution in [3.05, 3.63) is 0 Å². The Labute approximate surface area is 95.6 Å². The number of carboxylic acid groups (broad SMARTS) is 1. The lowest BCUT2D eigenvalue weighted by Gasteiger charge is -2.18. The minimum absolute atomic E-state index is 0.0635. The lowest BCUT2D eigenvalue weighted by atomic mass is 10.4. The van der Waals surface area contributed by atoms with Crippen LogP contribution in [0, 0.1) is 0 Å². The highest BCUT2D eigenvalue weighted by atomic mass is 32.2. The number of carbonyl (C=O) groups is 1. The number of ether oxygens (including phenoxy) is 1. The van der Waals surface area contributed by atoms with Gasteiger partial charge in [-0.15, -0.1) is 0 Å². The van der Waals surface area contributed by atoms with Gasteiger partial charge in [-0.05, 0) is 6.92 Å². The van der Waals surface area contributed by atoms with Crippen LogP contribution in [0.2, 0.25) is 0 Å². The normalized spacial score (nSPS) is 14.0. The largest absolute Gasteiger partial charge is 0.481 e. The number of rotatable bonds is 8. The van der Waals surface area contributed by atoms with E-state index in [0.29, 0.717) is 0 Å². The Bertz CT molecular complexity index is 316. The van der Waals surface area contributed by atoms with Crippen LogP contribution < -0.4 is 4.72 Å². The van der Waals surface area contributed by atoms with Crippen LogP contribution in [0.15, 0.2) is 0 Å². The van der Waals surface area contributed by atoms with E-state index in [1.807, 2.05) is 0 Å². The monoisotopic (exact) mass is 254 g/mol. The predicted octanol–water partition coefficient (Wildman–Crippen LogP) is -0.738. The zero-order chi connectivity index (χ0) is 12.8. The predicted molar refractivity (Wildman–Crippen MR) is 58.3 cm³/mol. The summed E-state index contributed by atoms with van der Waals surface area (Å²) < 4.78 is 31.2. The topological polar surface area (TPSA) is 95.9 Å². The van der Waals surface area contributed by atoms with E-state index in [1.165, 1.54) is 14.2 Å². The zero-order valence-corrected chi connectivity index (χ0v) is 10.5. The Morgan fingerprint density at radius 1 is 1.56 bits per heavy atom. The highest BCUT2D eigenvalue weighted by Gasteiger charge is 2.18. The minimum atomic E-state index is -3.62. The summed E-state index contributed by atoms with van der Waals surface area (Å²) >= 11 is 0. The quantitative estimate of drug-likeness (QED) is 0.595. The molecule has 0 radical (unpaired) electrons. The summed E-state index contributed by atoms with van der Waals surface area (Å²) in [4.78, 5) is 10.3. The fourth-order valence-electron chi connectivity index (χ4n) is 0.789. The smallest absolute Gasteiger partial charge is 0.304 e. The van der Waals surface area contributed by atoms with Crippen molar-refractivity contribution in [2.75, 3.05) is 27.2 Å². The van der Waals surface area contributed by atoms with Crippen molar-refractivity contribution in [1.82, 2.24) is 9.03 Å². The van der Waals surface area contributed by atoms with Crippen LogP contribution in [0.5, 0.6) is 0 Å². The molecule has 2 N–H and O–H groups in total. The molecule has 0 aliphatic rings. The Morgan fingerprint density at radius 3 is 2.56 bits per heavy atom. The summed E-state index contributed by atoms with van der Waals surface area (Å²) in [6, 6.07) is 0. The fraction of sp³-hybridized carbons (Fsp3) is 0.875. The van der Waals surface area contributed by atoms with Gasteiger partial charge in [-0.2, -0.15) is 17.4 Å². The molecule has 1 atom stereocenters. The first-order valence-corrected chi connectivity index (χ1v) is 6.19. The molecule has 0 heterocycles. The van der Waals surface area contributed by atoms with Crippen molar-refractivity contribution < 1.29 is 23.1 Å². The van der Waals surface area contributed by atoms with E-state index in [-0.39, 0.29) is 25.6 Å². The number of nitrogens with one attached hydrogen (secondary N) is 1. The van der Waals surface area contributed by atoms with E-state index in [4.69, 9.17) is 9.84 Å². The molecule has 0 aromatic carbocycles. The molecule has 0 aliphatic carbocycles. The van der Waals surface area contributed by atoms with Gasteiger partial charge in [0.15, 0.2) is 0 Å². The molecule has 0 aromatic rings. The Morgan fingerprint density at radius 2 is 2.12 bits per heavy atom. The highest BCUT2D eigenvalue weighted by molar-refractivity contribution is 7.87. The van der Waals surface area contributed by atoms with Gasteiger partial charge in [-0.25, -0.2) is 0 Å². The van der Waals surface area contributed by atoms with E-state index in [9.17, 15) is 13.2 Å². The van der Waals surface area contributed by atoms with Crippen molar-refractivity contribution in [1.29, 1.82) is 0 Å². The molecule has 1 unspecified atom stereocenters. The van der Waals surface area contributed by atoms with Crippen LogP contribution in [0.25, 0.3) is 0 Å². The zero-order valence-electron chi connectivity index (χ0n) is 9.63. The van der Waals surface area contributed by atoms with Crippen LogP contribution in [0.3, 0.4) is 0 Å². The standard InChI is InChI=1S/C8H18N2O5S/c1-7(15-3)6-9-16(13,14)10(2)5-4-8(11)12/h7,9H,4-6H2,1-3H3,(H,11,12). The first kappa shape index (κ1) is 15.3. The summed E-state index contributed by atoms with van der Waals surface area (Å²) in [6.07, 6.45) is -0.459. The highest BCUT2D eigenvalue weighted by Crippen LogP contribution is 1.96. The van der Waals surface area contributed by atoms with Crippen LogP contribution in [-0.2, 0) is 19.7 Å². The Kier molecular flexibility index (Phi) is 6.49. The lowest BCUT2D eigenvalue weighted by molar-refractivity contribution is -0.137. The van der Waals surface area contributed by atoms with Crippen LogP contribution in [0.1, 0.15) is 13.3 Å². The summed E-state index contributed by atoms with van der Waals surface area (Å²) in [5.74, 6) is -1.03. The third-order valence-electron chi connectivity index (χ3n) is 2.01. The van der Waals surface area contributed by atoms with Gasteiger partial charge in [0.2, 0.25) is 0 Å². The van der Waals surface area contributed by atoms with Gasteiger partial charge in [0, 0.05) is 27.2 Å². The van der Waals surface area contributed by atoms with Gasteiger partial charge in [-0.1, -0.05) is 0 Å². The molecule has 0 fully saturated rings. The molecular weight excluding hydrogens is 236 g/mol. The SMILES string of the molecule is COC(C)CNS(=O)(=O)N(C)CCC(=O)O. The molecule has 16 heavy (non-hydrogen) atoms. The molecule has 0 amide bonds. The molecule has 0 spiro atoms. The van der Waals surface area contributed by atoms with E-state index in [1.54, 1.807) is 6.92 Å². The first-order chi connectivity index (χ1) is 7.29. The summed E-state index contributed by atoms with van der Waals surface area (Å²) in [5.41, 5.74) is 0. The second kappa shape index (κ2) is 6.79. The van der Waals surface area contributed by atoms with E-state index in [2.05, 4.69) is 4.72 Å². The van der Waals surface area contributed by atoms with Crippen molar-refractivity contribution in [3.63, 3.8) is 0 Å². The molecule has 0 rings (SSSR count). The van der Waals surface area contributed by atoms with Gasteiger partial charge >= 0.3 is 5.97 Å². The number of hydrogen-bond donors (Lipinski definition) is 2. The first-order valence-electron chi connectivity index (χ1n) is 4.75. The number of hydrogen-bond acceptors (Lipinski definition) is 4. The summed E-state index contributed by atoms with van der Waals surface area (Å²) in [5, 5.41) is 8.42. The molecule has 96 valence electrons. The van der Waals surface area contributed by atoms with E-state index in [0.717, 1.165) is 4.31 Å². The summed E-state index contributed by atoms with van der Waals surface area (Å²) in [6.45, 7) is 1.81. The fourth-order valence-corrected chi connectivity index (χ4v) is 1.79. The number of methoxy groups -OCH3 is 1. The van der Waals surface area contributed by atoms with Crippen molar-refractivity contribution in [2.24, 2.45) is 0 Å². The van der Waals surface area contributed by atoms with Crippen LogP contribution in [0.4, 0.5) is 0 Å². The number of nitrogens with zero attached hydrogens (tertiary/aromatic N) is 1. The third-order valence-corrected chi connectivity index (χ3v) is 3.54. The number of aliphatic carboxylic acids is 1. The van der Waals surface area contributed by atoms with Gasteiger partial charge < -0.3 is 9.84 Å². The minimum Gasteiger partial charge on any atom is -0.481 e. The van der Waals surface area contributed by atoms with Crippen LogP contribution >= 0.6 is 0 Å². The summed E-state index contributed by atoms with van der Waals surface area (Å²) in [7, 11) is -0.820. The Balaban J connectivity index is 4.16.